The van der Waals surface area contributed by atoms with E-state index >= 15 is 0 Å². The van der Waals surface area contributed by atoms with Gasteiger partial charge < -0.3 is 26.0 Å². The molecule has 0 aliphatic heterocycles. The topological polar surface area (TPSA) is 116 Å². The molecule has 4 N–H and O–H groups in total. The van der Waals surface area contributed by atoms with Crippen LogP contribution in [0.3, 0.4) is 0 Å². The summed E-state index contributed by atoms with van der Waals surface area (Å²) in [5, 5.41) is 14.5. The Morgan fingerprint density at radius 3 is 2.13 bits per heavy atom. The van der Waals surface area contributed by atoms with Crippen LogP contribution in [-0.2, 0) is 27.2 Å². The molecule has 9 heteroatoms. The summed E-state index contributed by atoms with van der Waals surface area (Å²) in [6.45, 7) is 5.58. The third-order valence-corrected chi connectivity index (χ3v) is 8.57. The van der Waals surface area contributed by atoms with Gasteiger partial charge in [0.2, 0.25) is 17.7 Å². The number of rotatable bonds is 15. The van der Waals surface area contributed by atoms with E-state index in [9.17, 15) is 23.9 Å². The van der Waals surface area contributed by atoms with Crippen LogP contribution in [0.4, 0.5) is 4.39 Å². The molecule has 45 heavy (non-hydrogen) atoms. The molecule has 3 atom stereocenters. The highest BCUT2D eigenvalue weighted by Crippen LogP contribution is 2.21. The number of hydrogen-bond donors (Lipinski definition) is 3. The van der Waals surface area contributed by atoms with Gasteiger partial charge in [0.25, 0.3) is 0 Å². The van der Waals surface area contributed by atoms with Gasteiger partial charge in [-0.3, -0.25) is 14.4 Å². The number of nitrogens with one attached hydrogen (secondary N) is 1. The molecule has 3 aromatic carbocycles. The minimum absolute atomic E-state index is 0.00262. The van der Waals surface area contributed by atoms with E-state index < -0.39 is 41.4 Å². The largest absolute Gasteiger partial charge is 0.392 e. The SMILES string of the molecule is CCC(N)(CC)C/C=C/C(=O)N(C)[C@H](Cc1ccc2ccccc2c1)C(=O)N(C)[C@H](Cc1ccc(F)cc1)C(=O)NC[C@@H](C)O. The zero-order valence-electron chi connectivity index (χ0n) is 27.0. The third-order valence-electron chi connectivity index (χ3n) is 8.57. The lowest BCUT2D eigenvalue weighted by molar-refractivity contribution is -0.146. The monoisotopic (exact) mass is 618 g/mol. The molecule has 0 aliphatic carbocycles. The molecule has 3 rings (SSSR count). The molecule has 0 heterocycles. The lowest BCUT2D eigenvalue weighted by Crippen LogP contribution is -2.56. The number of nitrogens with two attached hydrogens (primary N) is 1. The third kappa shape index (κ3) is 9.96. The summed E-state index contributed by atoms with van der Waals surface area (Å²) in [7, 11) is 3.12. The van der Waals surface area contributed by atoms with Gasteiger partial charge in [-0.2, -0.15) is 0 Å². The molecule has 0 radical (unpaired) electrons. The van der Waals surface area contributed by atoms with Gasteiger partial charge in [-0.25, -0.2) is 4.39 Å². The number of aliphatic hydroxyl groups excluding tert-OH is 1. The van der Waals surface area contributed by atoms with Crippen LogP contribution in [0.2, 0.25) is 0 Å². The molecule has 0 unspecified atom stereocenters. The van der Waals surface area contributed by atoms with E-state index in [2.05, 4.69) is 5.32 Å². The maximum atomic E-state index is 14.3. The van der Waals surface area contributed by atoms with Gasteiger partial charge >= 0.3 is 0 Å². The van der Waals surface area contributed by atoms with E-state index in [1.54, 1.807) is 32.2 Å². The summed E-state index contributed by atoms with van der Waals surface area (Å²) in [6.07, 6.45) is 4.80. The molecular weight excluding hydrogens is 571 g/mol. The minimum Gasteiger partial charge on any atom is -0.392 e. The molecule has 0 saturated carbocycles. The number of amides is 3. The molecule has 0 spiro atoms. The van der Waals surface area contributed by atoms with Crippen molar-refractivity contribution in [3.05, 3.63) is 95.8 Å². The standard InChI is InChI=1S/C36H47FN4O4/c1-6-36(38,7-2)20-10-13-33(43)40(4)32(23-27-14-17-28-11-8-9-12-29(28)21-27)35(45)41(5)31(34(44)39-24-25(3)42)22-26-15-18-30(37)19-16-26/h8-19,21,25,31-32,42H,6-7,20,22-24,38H2,1-5H3,(H,39,44)/b13-10+/t25-,31-,32-/m1/s1. The Bertz CT molecular complexity index is 1470. The number of nitrogens with zero attached hydrogens (tertiary/aromatic N) is 2. The van der Waals surface area contributed by atoms with Crippen molar-refractivity contribution < 1.29 is 23.9 Å². The number of carbonyl (C=O) groups is 3. The predicted molar refractivity (Wildman–Crippen MR) is 177 cm³/mol. The fraction of sp³-hybridized carbons (Fsp3) is 0.417. The summed E-state index contributed by atoms with van der Waals surface area (Å²) >= 11 is 0. The normalized spacial score (nSPS) is 13.8. The van der Waals surface area contributed by atoms with Crippen LogP contribution in [0.1, 0.15) is 51.2 Å². The Labute approximate surface area is 266 Å². The van der Waals surface area contributed by atoms with Crippen LogP contribution < -0.4 is 11.1 Å². The van der Waals surface area contributed by atoms with Gasteiger partial charge in [0, 0.05) is 39.0 Å². The minimum atomic E-state index is -0.980. The maximum Gasteiger partial charge on any atom is 0.246 e. The van der Waals surface area contributed by atoms with E-state index in [4.69, 9.17) is 5.73 Å². The smallest absolute Gasteiger partial charge is 0.246 e. The molecule has 3 amide bonds. The average Bonchev–Trinajstić information content (AvgIpc) is 3.04. The summed E-state index contributed by atoms with van der Waals surface area (Å²) < 4.78 is 13.6. The highest BCUT2D eigenvalue weighted by Gasteiger charge is 2.35. The molecule has 8 nitrogen and oxygen atoms in total. The number of carbonyl (C=O) groups excluding carboxylic acids is 3. The van der Waals surface area contributed by atoms with Crippen LogP contribution in [0.25, 0.3) is 10.8 Å². The van der Waals surface area contributed by atoms with E-state index in [-0.39, 0.29) is 25.3 Å². The second-order valence-electron chi connectivity index (χ2n) is 11.9. The first-order valence-electron chi connectivity index (χ1n) is 15.5. The van der Waals surface area contributed by atoms with Crippen molar-refractivity contribution in [2.45, 2.75) is 76.6 Å². The molecular formula is C36H47FN4O4. The second-order valence-corrected chi connectivity index (χ2v) is 11.9. The highest BCUT2D eigenvalue weighted by molar-refractivity contribution is 5.95. The van der Waals surface area contributed by atoms with Crippen molar-refractivity contribution in [2.75, 3.05) is 20.6 Å². The van der Waals surface area contributed by atoms with Crippen LogP contribution in [0.15, 0.2) is 78.9 Å². The summed E-state index contributed by atoms with van der Waals surface area (Å²) in [4.78, 5) is 43.9. The van der Waals surface area contributed by atoms with Gasteiger partial charge in [-0.1, -0.05) is 74.5 Å². The van der Waals surface area contributed by atoms with E-state index in [1.807, 2.05) is 56.3 Å². The van der Waals surface area contributed by atoms with Gasteiger partial charge in [-0.05, 0) is 66.3 Å². The zero-order chi connectivity index (χ0) is 33.1. The molecule has 0 saturated heterocycles. The van der Waals surface area contributed by atoms with Crippen LogP contribution in [-0.4, -0.2) is 77.0 Å². The number of aliphatic hydroxyl groups is 1. The van der Waals surface area contributed by atoms with Gasteiger partial charge in [0.05, 0.1) is 6.10 Å². The second kappa shape index (κ2) is 16.3. The first-order chi connectivity index (χ1) is 21.4. The number of halogens is 1. The zero-order valence-corrected chi connectivity index (χ0v) is 27.0. The average molecular weight is 619 g/mol. The quantitative estimate of drug-likeness (QED) is 0.219. The number of hydrogen-bond acceptors (Lipinski definition) is 5. The Hall–Kier alpha value is -4.08. The molecule has 0 fully saturated rings. The van der Waals surface area contributed by atoms with Crippen molar-refractivity contribution in [3.8, 4) is 0 Å². The Balaban J connectivity index is 1.96. The Morgan fingerprint density at radius 2 is 1.51 bits per heavy atom. The molecule has 0 aromatic heterocycles. The number of fused-ring (bicyclic) bond motifs is 1. The Morgan fingerprint density at radius 1 is 0.911 bits per heavy atom. The van der Waals surface area contributed by atoms with Gasteiger partial charge in [0.15, 0.2) is 0 Å². The van der Waals surface area contributed by atoms with Crippen LogP contribution in [0, 0.1) is 5.82 Å². The van der Waals surface area contributed by atoms with Crippen molar-refractivity contribution in [3.63, 3.8) is 0 Å². The summed E-state index contributed by atoms with van der Waals surface area (Å²) in [5.74, 6) is -1.66. The highest BCUT2D eigenvalue weighted by atomic mass is 19.1. The fourth-order valence-electron chi connectivity index (χ4n) is 5.19. The van der Waals surface area contributed by atoms with Gasteiger partial charge in [-0.15, -0.1) is 0 Å². The van der Waals surface area contributed by atoms with Crippen molar-refractivity contribution >= 4 is 28.5 Å². The maximum absolute atomic E-state index is 14.3. The van der Waals surface area contributed by atoms with Crippen LogP contribution >= 0.6 is 0 Å². The molecule has 242 valence electrons. The van der Waals surface area contributed by atoms with Crippen molar-refractivity contribution in [1.29, 1.82) is 0 Å². The van der Waals surface area contributed by atoms with E-state index in [0.29, 0.717) is 12.0 Å². The van der Waals surface area contributed by atoms with Crippen molar-refractivity contribution in [2.24, 2.45) is 5.73 Å². The number of likely N-dealkylation sites (N-methyl/N-ethyl adjacent to an activating group) is 2. The van der Waals surface area contributed by atoms with Gasteiger partial charge in [0.1, 0.15) is 17.9 Å². The van der Waals surface area contributed by atoms with E-state index in [1.165, 1.54) is 35.1 Å². The molecule has 0 aliphatic rings. The first kappa shape index (κ1) is 35.4. The van der Waals surface area contributed by atoms with Crippen molar-refractivity contribution in [1.82, 2.24) is 15.1 Å². The summed E-state index contributed by atoms with van der Waals surface area (Å²) in [5.41, 5.74) is 7.52. The first-order valence-corrected chi connectivity index (χ1v) is 15.5. The summed E-state index contributed by atoms with van der Waals surface area (Å²) in [6, 6.07) is 17.6. The van der Waals surface area contributed by atoms with E-state index in [0.717, 1.165) is 29.2 Å². The molecule has 0 bridgehead atoms. The number of benzene rings is 3. The predicted octanol–water partition coefficient (Wildman–Crippen LogP) is 4.38. The van der Waals surface area contributed by atoms with Crippen LogP contribution in [0.5, 0.6) is 0 Å². The fourth-order valence-corrected chi connectivity index (χ4v) is 5.19. The Kier molecular flexibility index (Phi) is 12.8. The lowest BCUT2D eigenvalue weighted by Gasteiger charge is -2.34. The lowest BCUT2D eigenvalue weighted by atomic mass is 9.90. The molecule has 3 aromatic rings.